The van der Waals surface area contributed by atoms with E-state index in [0.29, 0.717) is 30.0 Å². The maximum Gasteiger partial charge on any atom is 0.294 e. The first kappa shape index (κ1) is 47.9. The number of amides is 6. The van der Waals surface area contributed by atoms with Gasteiger partial charge in [-0.05, 0) is 110 Å². The van der Waals surface area contributed by atoms with Gasteiger partial charge in [0.15, 0.2) is 0 Å². The number of hydrogen-bond acceptors (Lipinski definition) is 11. The van der Waals surface area contributed by atoms with E-state index in [9.17, 15) is 43.8 Å². The molecule has 0 saturated heterocycles. The van der Waals surface area contributed by atoms with Gasteiger partial charge in [-0.3, -0.25) is 38.7 Å². The summed E-state index contributed by atoms with van der Waals surface area (Å²) < 4.78 is 0. The Morgan fingerprint density at radius 1 is 0.864 bits per heavy atom. The first-order chi connectivity index (χ1) is 31.5. The third-order valence-electron chi connectivity index (χ3n) is 11.1. The average Bonchev–Trinajstić information content (AvgIpc) is 3.82. The van der Waals surface area contributed by atoms with Crippen LogP contribution in [0.3, 0.4) is 0 Å². The molecule has 0 spiro atoms. The molecule has 0 fully saturated rings. The molecule has 66 heavy (non-hydrogen) atoms. The number of fused-ring (bicyclic) bond motifs is 5. The van der Waals surface area contributed by atoms with Gasteiger partial charge in [-0.15, -0.1) is 0 Å². The fourth-order valence-electron chi connectivity index (χ4n) is 7.43. The second-order valence-electron chi connectivity index (χ2n) is 15.9. The molecule has 4 aromatic carbocycles. The molecular formula is C47H50ClN9O9. The standard InChI is InChI=1S/C47H50ClN9O9/c1-25(41(60)46(65)54-33-23-50-51-24-33)52-44(63)37-21-27-7-17-38(58)34(20-27)35-22-31(14-18-39(35)59)40(45(64)53-26(2)42(61)56-37)57(3)47(66)36(6-4-5-19-49)55-43(62)30-10-8-28(9-11-30)29-12-15-32(48)16-13-29/h7-18,20,22-26,36-37,40,58-59H,4-6,19,21,49H2,1-3H3,(H,50,51)(H,52,63)(H,53,64)(H,54,65)(H,55,62)(H,56,61)/t25-,26-,36-,37-,40-/m0/s1. The molecule has 1 aromatic heterocycles. The third kappa shape index (κ3) is 11.6. The number of aromatic nitrogens is 2. The minimum Gasteiger partial charge on any atom is -0.507 e. The summed E-state index contributed by atoms with van der Waals surface area (Å²) in [5.74, 6) is -6.30. The van der Waals surface area contributed by atoms with Crippen LogP contribution in [0.4, 0.5) is 5.69 Å². The van der Waals surface area contributed by atoms with E-state index in [1.165, 1.54) is 69.7 Å². The highest BCUT2D eigenvalue weighted by molar-refractivity contribution is 6.42. The molecule has 4 bridgehead atoms. The number of ketones is 1. The van der Waals surface area contributed by atoms with E-state index in [-0.39, 0.29) is 52.3 Å². The van der Waals surface area contributed by atoms with Gasteiger partial charge in [0.05, 0.1) is 17.9 Å². The summed E-state index contributed by atoms with van der Waals surface area (Å²) in [6.45, 7) is 2.99. The second-order valence-corrected chi connectivity index (χ2v) is 16.3. The summed E-state index contributed by atoms with van der Waals surface area (Å²) in [5, 5.41) is 42.0. The molecule has 10 N–H and O–H groups in total. The molecule has 344 valence electrons. The van der Waals surface area contributed by atoms with Gasteiger partial charge >= 0.3 is 0 Å². The van der Waals surface area contributed by atoms with E-state index in [1.54, 1.807) is 36.4 Å². The number of nitrogens with zero attached hydrogens (tertiary/aromatic N) is 2. The fraction of sp³-hybridized carbons (Fsp3) is 0.277. The van der Waals surface area contributed by atoms with Crippen molar-refractivity contribution in [2.24, 2.45) is 5.73 Å². The quantitative estimate of drug-likeness (QED) is 0.0575. The zero-order valence-corrected chi connectivity index (χ0v) is 37.0. The minimum absolute atomic E-state index is 0.0679. The highest BCUT2D eigenvalue weighted by Crippen LogP contribution is 2.39. The van der Waals surface area contributed by atoms with Crippen molar-refractivity contribution in [2.75, 3.05) is 18.9 Å². The number of hydrogen-bond donors (Lipinski definition) is 9. The highest BCUT2D eigenvalue weighted by atomic mass is 35.5. The third-order valence-corrected chi connectivity index (χ3v) is 11.4. The van der Waals surface area contributed by atoms with Crippen LogP contribution in [0, 0.1) is 0 Å². The average molecular weight is 920 g/mol. The van der Waals surface area contributed by atoms with Crippen molar-refractivity contribution in [2.45, 2.75) is 69.7 Å². The van der Waals surface area contributed by atoms with Crippen molar-refractivity contribution in [1.82, 2.24) is 36.4 Å². The van der Waals surface area contributed by atoms with Crippen molar-refractivity contribution < 1.29 is 43.8 Å². The summed E-state index contributed by atoms with van der Waals surface area (Å²) in [5.41, 5.74) is 8.74. The lowest BCUT2D eigenvalue weighted by Crippen LogP contribution is -2.57. The van der Waals surface area contributed by atoms with E-state index >= 15 is 0 Å². The molecule has 18 nitrogen and oxygen atoms in total. The van der Waals surface area contributed by atoms with Crippen LogP contribution in [0.1, 0.15) is 60.6 Å². The van der Waals surface area contributed by atoms with Crippen LogP contribution in [0.25, 0.3) is 22.3 Å². The Morgan fingerprint density at radius 2 is 1.52 bits per heavy atom. The number of unbranched alkanes of at least 4 members (excludes halogenated alkanes) is 1. The van der Waals surface area contributed by atoms with Gasteiger partial charge in [0.2, 0.25) is 29.4 Å². The normalized spacial score (nSPS) is 16.9. The van der Waals surface area contributed by atoms with Gasteiger partial charge in [0.25, 0.3) is 11.8 Å². The number of halogens is 1. The summed E-state index contributed by atoms with van der Waals surface area (Å²) in [4.78, 5) is 97.1. The number of H-pyrrole nitrogens is 1. The zero-order chi connectivity index (χ0) is 47.7. The molecule has 2 heterocycles. The lowest BCUT2D eigenvalue weighted by molar-refractivity contribution is -0.141. The number of rotatable bonds is 14. The van der Waals surface area contributed by atoms with Crippen LogP contribution >= 0.6 is 11.6 Å². The molecule has 0 radical (unpaired) electrons. The molecule has 1 aliphatic heterocycles. The maximum atomic E-state index is 14.6. The Morgan fingerprint density at radius 3 is 2.17 bits per heavy atom. The minimum atomic E-state index is -1.48. The van der Waals surface area contributed by atoms with Gasteiger partial charge in [0.1, 0.15) is 35.7 Å². The van der Waals surface area contributed by atoms with E-state index in [2.05, 4.69) is 36.8 Å². The van der Waals surface area contributed by atoms with Crippen molar-refractivity contribution in [3.8, 4) is 33.8 Å². The molecule has 19 heteroatoms. The maximum absolute atomic E-state index is 14.6. The number of likely N-dealkylation sites (N-methyl/N-ethyl adjacent to an activating group) is 1. The summed E-state index contributed by atoms with van der Waals surface area (Å²) >= 11 is 6.05. The molecule has 0 aliphatic carbocycles. The van der Waals surface area contributed by atoms with Crippen LogP contribution in [-0.4, -0.2) is 104 Å². The van der Waals surface area contributed by atoms with Crippen LogP contribution < -0.4 is 32.3 Å². The van der Waals surface area contributed by atoms with Gasteiger partial charge in [-0.2, -0.15) is 5.10 Å². The fourth-order valence-corrected chi connectivity index (χ4v) is 7.55. The number of nitrogens with one attached hydrogen (secondary N) is 6. The van der Waals surface area contributed by atoms with Crippen LogP contribution in [0.5, 0.6) is 11.5 Å². The summed E-state index contributed by atoms with van der Waals surface area (Å²) in [7, 11) is 1.37. The van der Waals surface area contributed by atoms with Crippen molar-refractivity contribution in [3.63, 3.8) is 0 Å². The number of aromatic amines is 1. The number of nitrogens with two attached hydrogens (primary N) is 1. The molecule has 0 saturated carbocycles. The first-order valence-electron chi connectivity index (χ1n) is 21.1. The zero-order valence-electron chi connectivity index (χ0n) is 36.3. The molecule has 0 unspecified atom stereocenters. The predicted molar refractivity (Wildman–Crippen MR) is 245 cm³/mol. The van der Waals surface area contributed by atoms with Gasteiger partial charge in [-0.1, -0.05) is 48.0 Å². The summed E-state index contributed by atoms with van der Waals surface area (Å²) in [6.07, 6.45) is 3.58. The Bertz CT molecular complexity index is 2610. The topological polar surface area (TPSA) is 278 Å². The van der Waals surface area contributed by atoms with E-state index in [1.807, 2.05) is 12.1 Å². The van der Waals surface area contributed by atoms with Gasteiger partial charge in [-0.25, -0.2) is 0 Å². The molecule has 5 atom stereocenters. The lowest BCUT2D eigenvalue weighted by Gasteiger charge is -2.32. The SMILES string of the molecule is C[C@@H]1NC(=O)[C@@H](N(C)C(=O)[C@H](CCCCN)NC(=O)c2ccc(-c3ccc(Cl)cc3)cc2)c2ccc(O)c(c2)-c2cc(ccc2O)C[C@@H](C(=O)N[C@@H](C)C(=O)C(=O)Nc2cn[nH]c2)NC1=O. The van der Waals surface area contributed by atoms with Gasteiger partial charge in [0, 0.05) is 41.4 Å². The largest absolute Gasteiger partial charge is 0.507 e. The molecule has 6 rings (SSSR count). The number of Topliss-reactive ketones (excluding diaryl/α,β-unsaturated/α-hetero) is 1. The first-order valence-corrected chi connectivity index (χ1v) is 21.5. The predicted octanol–water partition coefficient (Wildman–Crippen LogP) is 3.49. The van der Waals surface area contributed by atoms with Crippen molar-refractivity contribution in [1.29, 1.82) is 0 Å². The number of carbonyl (C=O) groups is 7. The lowest BCUT2D eigenvalue weighted by atomic mass is 9.93. The Hall–Kier alpha value is -7.57. The van der Waals surface area contributed by atoms with Crippen molar-refractivity contribution >= 4 is 58.5 Å². The Balaban J connectivity index is 1.29. The monoisotopic (exact) mass is 919 g/mol. The molecule has 1 aliphatic rings. The number of benzene rings is 4. The van der Waals surface area contributed by atoms with E-state index in [0.717, 1.165) is 16.0 Å². The van der Waals surface area contributed by atoms with Gasteiger partial charge < -0.3 is 47.4 Å². The number of aromatic hydroxyl groups is 2. The number of anilines is 1. The number of carbonyl (C=O) groups excluding carboxylic acids is 7. The Kier molecular flexibility index (Phi) is 15.5. The van der Waals surface area contributed by atoms with E-state index in [4.69, 9.17) is 17.3 Å². The van der Waals surface area contributed by atoms with Crippen LogP contribution in [0.15, 0.2) is 97.3 Å². The smallest absolute Gasteiger partial charge is 0.294 e. The highest BCUT2D eigenvalue weighted by Gasteiger charge is 2.36. The molecule has 6 amide bonds. The van der Waals surface area contributed by atoms with Crippen LogP contribution in [-0.2, 0) is 35.2 Å². The second kappa shape index (κ2) is 21.4. The Labute approximate surface area is 384 Å². The molecular weight excluding hydrogens is 870 g/mol. The summed E-state index contributed by atoms with van der Waals surface area (Å²) in [6, 6.07) is 15.8. The molecule has 5 aromatic rings. The number of phenolic OH excluding ortho intramolecular Hbond substituents is 2. The number of phenols is 2. The van der Waals surface area contributed by atoms with Crippen LogP contribution in [0.2, 0.25) is 5.02 Å². The van der Waals surface area contributed by atoms with Crippen molar-refractivity contribution in [3.05, 3.63) is 119 Å². The van der Waals surface area contributed by atoms with E-state index < -0.39 is 71.4 Å².